The van der Waals surface area contributed by atoms with Crippen molar-refractivity contribution in [2.75, 3.05) is 6.61 Å². The van der Waals surface area contributed by atoms with Gasteiger partial charge in [-0.3, -0.25) is 9.35 Å². The second kappa shape index (κ2) is 7.36. The zero-order chi connectivity index (χ0) is 16.9. The smallest absolute Gasteiger partial charge is 0.299 e. The van der Waals surface area contributed by atoms with E-state index in [9.17, 15) is 18.3 Å². The molecule has 0 heterocycles. The Hall–Kier alpha value is -2.22. The maximum absolute atomic E-state index is 11.7. The van der Waals surface area contributed by atoms with Crippen LogP contribution in [0.5, 0.6) is 5.75 Å². The maximum atomic E-state index is 11.7. The number of hydrogen-bond acceptors (Lipinski definition) is 5. The van der Waals surface area contributed by atoms with Gasteiger partial charge in [0.05, 0.1) is 6.61 Å². The van der Waals surface area contributed by atoms with Gasteiger partial charge in [0.1, 0.15) is 5.75 Å². The summed E-state index contributed by atoms with van der Waals surface area (Å²) in [6.07, 6.45) is 0.725. The van der Waals surface area contributed by atoms with Gasteiger partial charge in [-0.2, -0.15) is 8.42 Å². The molecular weight excluding hydrogens is 320 g/mol. The molecule has 1 unspecified atom stereocenters. The summed E-state index contributed by atoms with van der Waals surface area (Å²) in [6, 6.07) is 15.4. The zero-order valence-electron chi connectivity index (χ0n) is 12.1. The first-order valence-corrected chi connectivity index (χ1v) is 8.33. The third kappa shape index (κ3) is 4.88. The minimum Gasteiger partial charge on any atom is -0.493 e. The molecule has 0 amide bonds. The van der Waals surface area contributed by atoms with E-state index in [0.717, 1.165) is 12.0 Å². The normalized spacial score (nSPS) is 12.6. The van der Waals surface area contributed by atoms with Crippen molar-refractivity contribution < 1.29 is 27.6 Å². The Morgan fingerprint density at radius 3 is 2.22 bits per heavy atom. The van der Waals surface area contributed by atoms with Gasteiger partial charge in [0.15, 0.2) is 0 Å². The third-order valence-electron chi connectivity index (χ3n) is 3.15. The van der Waals surface area contributed by atoms with Gasteiger partial charge in [-0.15, -0.1) is 0 Å². The van der Waals surface area contributed by atoms with E-state index in [1.807, 2.05) is 30.3 Å². The molecule has 0 saturated heterocycles. The van der Waals surface area contributed by atoms with Crippen LogP contribution in [0.1, 0.15) is 15.9 Å². The first-order valence-electron chi connectivity index (χ1n) is 6.83. The van der Waals surface area contributed by atoms with Gasteiger partial charge < -0.3 is 9.84 Å². The van der Waals surface area contributed by atoms with Crippen LogP contribution in [0.25, 0.3) is 0 Å². The highest BCUT2D eigenvalue weighted by atomic mass is 32.2. The number of Topliss-reactive ketones (excluding diaryl/α,β-unsaturated/α-hetero) is 1. The molecule has 6 nitrogen and oxygen atoms in total. The first-order chi connectivity index (χ1) is 10.9. The highest BCUT2D eigenvalue weighted by Gasteiger charge is 2.29. The summed E-state index contributed by atoms with van der Waals surface area (Å²) < 4.78 is 35.7. The van der Waals surface area contributed by atoms with Gasteiger partial charge >= 0.3 is 0 Å². The minimum atomic E-state index is -4.83. The van der Waals surface area contributed by atoms with Crippen molar-refractivity contribution in [1.29, 1.82) is 0 Å². The fraction of sp³-hybridized carbons (Fsp3) is 0.188. The third-order valence-corrected chi connectivity index (χ3v) is 3.93. The standard InChI is InChI=1S/C16H16O6S/c17-15(16(18)23(19,20)21)13-6-8-14(9-7-13)22-11-10-12-4-2-1-3-5-12/h1-9,16,18H,10-11H2,(H,19,20,21). The number of hydrogen-bond donors (Lipinski definition) is 2. The summed E-state index contributed by atoms with van der Waals surface area (Å²) in [5.74, 6) is -0.581. The van der Waals surface area contributed by atoms with Crippen LogP contribution in [0.15, 0.2) is 54.6 Å². The molecule has 2 aromatic carbocycles. The number of ketones is 1. The van der Waals surface area contributed by atoms with E-state index < -0.39 is 21.3 Å². The molecular formula is C16H16O6S. The molecule has 1 atom stereocenters. The molecule has 7 heteroatoms. The lowest BCUT2D eigenvalue weighted by Crippen LogP contribution is -2.29. The number of aliphatic hydroxyl groups is 1. The second-order valence-corrected chi connectivity index (χ2v) is 6.32. The number of carbonyl (C=O) groups is 1. The molecule has 2 N–H and O–H groups in total. The molecule has 0 bridgehead atoms. The maximum Gasteiger partial charge on any atom is 0.299 e. The van der Waals surface area contributed by atoms with Crippen LogP contribution in [0.2, 0.25) is 0 Å². The number of rotatable bonds is 7. The van der Waals surface area contributed by atoms with Crippen molar-refractivity contribution in [3.8, 4) is 5.75 Å². The Kier molecular flexibility index (Phi) is 5.49. The SMILES string of the molecule is O=C(c1ccc(OCCc2ccccc2)cc1)C(O)S(=O)(=O)O. The van der Waals surface area contributed by atoms with Crippen molar-refractivity contribution in [3.05, 3.63) is 65.7 Å². The summed E-state index contributed by atoms with van der Waals surface area (Å²) in [7, 11) is -4.83. The Bertz CT molecular complexity index is 753. The summed E-state index contributed by atoms with van der Waals surface area (Å²) in [5.41, 5.74) is -1.38. The van der Waals surface area contributed by atoms with Crippen molar-refractivity contribution in [3.63, 3.8) is 0 Å². The quantitative estimate of drug-likeness (QED) is 0.589. The van der Waals surface area contributed by atoms with E-state index in [4.69, 9.17) is 9.29 Å². The molecule has 2 aromatic rings. The van der Waals surface area contributed by atoms with Gasteiger partial charge in [0.25, 0.3) is 10.1 Å². The lowest BCUT2D eigenvalue weighted by molar-refractivity contribution is 0.0848. The average molecular weight is 336 g/mol. The van der Waals surface area contributed by atoms with E-state index in [-0.39, 0.29) is 5.56 Å². The van der Waals surface area contributed by atoms with Crippen molar-refractivity contribution in [2.45, 2.75) is 11.9 Å². The van der Waals surface area contributed by atoms with Crippen LogP contribution in [-0.2, 0) is 16.5 Å². The highest BCUT2D eigenvalue weighted by molar-refractivity contribution is 7.87. The molecule has 0 aromatic heterocycles. The molecule has 0 spiro atoms. The van der Waals surface area contributed by atoms with Crippen molar-refractivity contribution >= 4 is 15.9 Å². The summed E-state index contributed by atoms with van der Waals surface area (Å²) >= 11 is 0. The number of ether oxygens (including phenoxy) is 1. The van der Waals surface area contributed by atoms with Gasteiger partial charge in [-0.1, -0.05) is 30.3 Å². The van der Waals surface area contributed by atoms with Crippen LogP contribution < -0.4 is 4.74 Å². The highest BCUT2D eigenvalue weighted by Crippen LogP contribution is 2.15. The van der Waals surface area contributed by atoms with Crippen LogP contribution in [0, 0.1) is 0 Å². The molecule has 0 aliphatic rings. The topological polar surface area (TPSA) is 101 Å². The zero-order valence-corrected chi connectivity index (χ0v) is 12.9. The first kappa shape index (κ1) is 17.1. The Morgan fingerprint density at radius 1 is 1.04 bits per heavy atom. The van der Waals surface area contributed by atoms with Crippen molar-refractivity contribution in [1.82, 2.24) is 0 Å². The Labute approximate surface area is 134 Å². The minimum absolute atomic E-state index is 0.0365. The van der Waals surface area contributed by atoms with E-state index in [0.29, 0.717) is 12.4 Å². The molecule has 2 rings (SSSR count). The molecule has 0 aliphatic heterocycles. The van der Waals surface area contributed by atoms with Crippen LogP contribution >= 0.6 is 0 Å². The predicted octanol–water partition coefficient (Wildman–Crippen LogP) is 1.70. The molecule has 23 heavy (non-hydrogen) atoms. The fourth-order valence-corrected chi connectivity index (χ4v) is 2.33. The lowest BCUT2D eigenvalue weighted by atomic mass is 10.1. The fourth-order valence-electron chi connectivity index (χ4n) is 1.92. The van der Waals surface area contributed by atoms with Gasteiger partial charge in [0.2, 0.25) is 11.2 Å². The van der Waals surface area contributed by atoms with Crippen LogP contribution in [0.3, 0.4) is 0 Å². The summed E-state index contributed by atoms with van der Waals surface area (Å²) in [6.45, 7) is 0.449. The number of benzene rings is 2. The van der Waals surface area contributed by atoms with Crippen LogP contribution in [-0.4, -0.2) is 35.9 Å². The van der Waals surface area contributed by atoms with Gasteiger partial charge in [-0.05, 0) is 29.8 Å². The molecule has 0 radical (unpaired) electrons. The largest absolute Gasteiger partial charge is 0.493 e. The van der Waals surface area contributed by atoms with Gasteiger partial charge in [-0.25, -0.2) is 0 Å². The van der Waals surface area contributed by atoms with Crippen LogP contribution in [0.4, 0.5) is 0 Å². The van der Waals surface area contributed by atoms with E-state index in [1.165, 1.54) is 24.3 Å². The van der Waals surface area contributed by atoms with Crippen molar-refractivity contribution in [2.24, 2.45) is 0 Å². The monoisotopic (exact) mass is 336 g/mol. The number of carbonyl (C=O) groups excluding carboxylic acids is 1. The summed E-state index contributed by atoms with van der Waals surface area (Å²) in [5, 5.41) is 9.23. The molecule has 0 fully saturated rings. The van der Waals surface area contributed by atoms with E-state index in [2.05, 4.69) is 0 Å². The Balaban J connectivity index is 1.93. The van der Waals surface area contributed by atoms with E-state index in [1.54, 1.807) is 0 Å². The Morgan fingerprint density at radius 2 is 1.65 bits per heavy atom. The lowest BCUT2D eigenvalue weighted by Gasteiger charge is -2.09. The second-order valence-electron chi connectivity index (χ2n) is 4.84. The van der Waals surface area contributed by atoms with E-state index >= 15 is 0 Å². The predicted molar refractivity (Wildman–Crippen MR) is 84.0 cm³/mol. The molecule has 0 saturated carbocycles. The molecule has 0 aliphatic carbocycles. The number of aliphatic hydroxyl groups excluding tert-OH is 1. The summed E-state index contributed by atoms with van der Waals surface area (Å²) in [4.78, 5) is 11.7. The van der Waals surface area contributed by atoms with Gasteiger partial charge in [0, 0.05) is 12.0 Å². The molecule has 122 valence electrons. The average Bonchev–Trinajstić information content (AvgIpc) is 2.54.